The van der Waals surface area contributed by atoms with Crippen LogP contribution in [-0.4, -0.2) is 24.3 Å². The number of hydrogen-bond acceptors (Lipinski definition) is 4. The number of aryl methyl sites for hydroxylation is 1. The van der Waals surface area contributed by atoms with Crippen LogP contribution in [0.15, 0.2) is 11.4 Å². The summed E-state index contributed by atoms with van der Waals surface area (Å²) in [6.45, 7) is 3.64. The molecule has 1 aromatic rings. The summed E-state index contributed by atoms with van der Waals surface area (Å²) in [5.41, 5.74) is 6.86. The monoisotopic (exact) mass is 200 g/mol. The van der Waals surface area contributed by atoms with Crippen molar-refractivity contribution in [1.29, 1.82) is 0 Å². The molecule has 3 nitrogen and oxygen atoms in total. The van der Waals surface area contributed by atoms with Crippen molar-refractivity contribution in [3.05, 3.63) is 21.9 Å². The van der Waals surface area contributed by atoms with E-state index in [2.05, 4.69) is 23.7 Å². The van der Waals surface area contributed by atoms with Crippen LogP contribution in [-0.2, 0) is 6.54 Å². The molecule has 0 aromatic carbocycles. The van der Waals surface area contributed by atoms with E-state index in [-0.39, 0.29) is 12.6 Å². The zero-order valence-corrected chi connectivity index (χ0v) is 8.60. The van der Waals surface area contributed by atoms with E-state index in [9.17, 15) is 0 Å². The van der Waals surface area contributed by atoms with Crippen molar-refractivity contribution in [2.24, 2.45) is 5.73 Å². The fraction of sp³-hybridized carbons (Fsp3) is 0.556. The molecule has 0 aliphatic rings. The molecule has 1 atom stereocenters. The molecular weight excluding hydrogens is 184 g/mol. The Morgan fingerprint density at radius 1 is 1.69 bits per heavy atom. The van der Waals surface area contributed by atoms with Gasteiger partial charge in [0.2, 0.25) is 0 Å². The lowest BCUT2D eigenvalue weighted by Crippen LogP contribution is -2.36. The molecule has 0 amide bonds. The second-order valence-corrected chi connectivity index (χ2v) is 4.10. The predicted molar refractivity (Wildman–Crippen MR) is 55.8 cm³/mol. The van der Waals surface area contributed by atoms with E-state index in [0.717, 1.165) is 6.54 Å². The first kappa shape index (κ1) is 10.7. The van der Waals surface area contributed by atoms with Crippen LogP contribution in [0.25, 0.3) is 0 Å². The summed E-state index contributed by atoms with van der Waals surface area (Å²) in [6.07, 6.45) is 0. The maximum absolute atomic E-state index is 8.68. The van der Waals surface area contributed by atoms with E-state index in [1.165, 1.54) is 10.4 Å². The van der Waals surface area contributed by atoms with E-state index in [0.29, 0.717) is 6.54 Å². The van der Waals surface area contributed by atoms with Gasteiger partial charge in [-0.1, -0.05) is 0 Å². The summed E-state index contributed by atoms with van der Waals surface area (Å²) in [6, 6.07) is 1.95. The largest absolute Gasteiger partial charge is 0.395 e. The van der Waals surface area contributed by atoms with Gasteiger partial charge in [-0.25, -0.2) is 0 Å². The van der Waals surface area contributed by atoms with E-state index >= 15 is 0 Å². The minimum absolute atomic E-state index is 0.0381. The zero-order chi connectivity index (χ0) is 9.68. The lowest BCUT2D eigenvalue weighted by atomic mass is 10.3. The molecular formula is C9H16N2OS. The van der Waals surface area contributed by atoms with Crippen LogP contribution in [0.2, 0.25) is 0 Å². The van der Waals surface area contributed by atoms with Gasteiger partial charge in [0.25, 0.3) is 0 Å². The molecule has 0 saturated heterocycles. The van der Waals surface area contributed by atoms with Crippen LogP contribution in [0.4, 0.5) is 0 Å². The second kappa shape index (κ2) is 5.34. The average molecular weight is 200 g/mol. The Labute approximate surface area is 82.6 Å². The third-order valence-corrected chi connectivity index (χ3v) is 2.92. The number of nitrogens with one attached hydrogen (secondary N) is 1. The van der Waals surface area contributed by atoms with E-state index in [1.54, 1.807) is 11.3 Å². The molecule has 74 valence electrons. The van der Waals surface area contributed by atoms with Gasteiger partial charge >= 0.3 is 0 Å². The van der Waals surface area contributed by atoms with Crippen molar-refractivity contribution in [2.75, 3.05) is 13.2 Å². The van der Waals surface area contributed by atoms with E-state index in [4.69, 9.17) is 10.8 Å². The third kappa shape index (κ3) is 3.44. The standard InChI is InChI=1S/C9H16N2OS/c1-7-2-3-13-9(7)5-11-4-8(10)6-12/h2-3,8,11-12H,4-6,10H2,1H3. The van der Waals surface area contributed by atoms with Gasteiger partial charge in [-0.05, 0) is 23.9 Å². The first-order valence-electron chi connectivity index (χ1n) is 4.34. The van der Waals surface area contributed by atoms with E-state index in [1.807, 2.05) is 0 Å². The minimum Gasteiger partial charge on any atom is -0.395 e. The Balaban J connectivity index is 2.24. The summed E-state index contributed by atoms with van der Waals surface area (Å²) in [7, 11) is 0. The molecule has 1 aromatic heterocycles. The van der Waals surface area contributed by atoms with Crippen molar-refractivity contribution in [3.8, 4) is 0 Å². The van der Waals surface area contributed by atoms with Crippen LogP contribution in [0.3, 0.4) is 0 Å². The quantitative estimate of drug-likeness (QED) is 0.647. The highest BCUT2D eigenvalue weighted by molar-refractivity contribution is 7.10. The molecule has 4 heteroatoms. The van der Waals surface area contributed by atoms with Crippen molar-refractivity contribution >= 4 is 11.3 Å². The molecule has 0 aliphatic heterocycles. The summed E-state index contributed by atoms with van der Waals surface area (Å²) < 4.78 is 0. The lowest BCUT2D eigenvalue weighted by Gasteiger charge is -2.08. The Hall–Kier alpha value is -0.420. The Morgan fingerprint density at radius 2 is 2.46 bits per heavy atom. The van der Waals surface area contributed by atoms with Gasteiger partial charge in [-0.2, -0.15) is 0 Å². The number of nitrogens with two attached hydrogens (primary N) is 1. The molecule has 1 unspecified atom stereocenters. The summed E-state index contributed by atoms with van der Waals surface area (Å²) >= 11 is 1.74. The van der Waals surface area contributed by atoms with Gasteiger partial charge in [0.1, 0.15) is 0 Å². The van der Waals surface area contributed by atoms with E-state index < -0.39 is 0 Å². The van der Waals surface area contributed by atoms with Gasteiger partial charge in [0.05, 0.1) is 6.61 Å². The fourth-order valence-electron chi connectivity index (χ4n) is 1.02. The topological polar surface area (TPSA) is 58.3 Å². The van der Waals surface area contributed by atoms with Crippen molar-refractivity contribution in [1.82, 2.24) is 5.32 Å². The molecule has 13 heavy (non-hydrogen) atoms. The highest BCUT2D eigenvalue weighted by atomic mass is 32.1. The number of aliphatic hydroxyl groups excluding tert-OH is 1. The fourth-order valence-corrected chi connectivity index (χ4v) is 1.90. The molecule has 0 bridgehead atoms. The number of aliphatic hydroxyl groups is 1. The SMILES string of the molecule is Cc1ccsc1CNCC(N)CO. The molecule has 0 aliphatic carbocycles. The smallest absolute Gasteiger partial charge is 0.0594 e. The Bertz CT molecular complexity index is 250. The van der Waals surface area contributed by atoms with Crippen molar-refractivity contribution < 1.29 is 5.11 Å². The number of rotatable bonds is 5. The molecule has 0 fully saturated rings. The van der Waals surface area contributed by atoms with Gasteiger partial charge in [-0.15, -0.1) is 11.3 Å². The summed E-state index contributed by atoms with van der Waals surface area (Å²) in [5.74, 6) is 0. The Kier molecular flexibility index (Phi) is 4.38. The summed E-state index contributed by atoms with van der Waals surface area (Å²) in [4.78, 5) is 1.34. The second-order valence-electron chi connectivity index (χ2n) is 3.10. The molecule has 1 heterocycles. The third-order valence-electron chi connectivity index (χ3n) is 1.89. The summed E-state index contributed by atoms with van der Waals surface area (Å²) in [5, 5.41) is 14.0. The van der Waals surface area contributed by atoms with Crippen LogP contribution >= 0.6 is 11.3 Å². The normalized spacial score (nSPS) is 13.2. The number of hydrogen-bond donors (Lipinski definition) is 3. The average Bonchev–Trinajstić information content (AvgIpc) is 2.52. The zero-order valence-electron chi connectivity index (χ0n) is 7.79. The Morgan fingerprint density at radius 3 is 3.00 bits per heavy atom. The van der Waals surface area contributed by atoms with Crippen LogP contribution in [0.5, 0.6) is 0 Å². The molecule has 0 spiro atoms. The van der Waals surface area contributed by atoms with Gasteiger partial charge < -0.3 is 16.2 Å². The van der Waals surface area contributed by atoms with Crippen LogP contribution in [0.1, 0.15) is 10.4 Å². The minimum atomic E-state index is -0.153. The maximum Gasteiger partial charge on any atom is 0.0594 e. The molecule has 4 N–H and O–H groups in total. The highest BCUT2D eigenvalue weighted by Crippen LogP contribution is 2.14. The van der Waals surface area contributed by atoms with Gasteiger partial charge in [-0.3, -0.25) is 0 Å². The molecule has 0 radical (unpaired) electrons. The van der Waals surface area contributed by atoms with Gasteiger partial charge in [0, 0.05) is 24.0 Å². The molecule has 0 saturated carbocycles. The van der Waals surface area contributed by atoms with Crippen LogP contribution in [0, 0.1) is 6.92 Å². The lowest BCUT2D eigenvalue weighted by molar-refractivity contribution is 0.262. The molecule has 1 rings (SSSR count). The van der Waals surface area contributed by atoms with Crippen LogP contribution < -0.4 is 11.1 Å². The first-order valence-corrected chi connectivity index (χ1v) is 5.22. The highest BCUT2D eigenvalue weighted by Gasteiger charge is 2.01. The predicted octanol–water partition coefficient (Wildman–Crippen LogP) is 0.466. The first-order chi connectivity index (χ1) is 6.24. The van der Waals surface area contributed by atoms with Crippen molar-refractivity contribution in [3.63, 3.8) is 0 Å². The number of thiophene rings is 1. The van der Waals surface area contributed by atoms with Gasteiger partial charge in [0.15, 0.2) is 0 Å². The van der Waals surface area contributed by atoms with Crippen molar-refractivity contribution in [2.45, 2.75) is 19.5 Å². The maximum atomic E-state index is 8.68.